The quantitative estimate of drug-likeness (QED) is 0.858. The summed E-state index contributed by atoms with van der Waals surface area (Å²) in [5.41, 5.74) is 0.845. The van der Waals surface area contributed by atoms with Gasteiger partial charge in [-0.3, -0.25) is 9.88 Å². The van der Waals surface area contributed by atoms with Gasteiger partial charge in [-0.1, -0.05) is 0 Å². The third-order valence-electron chi connectivity index (χ3n) is 3.21. The van der Waals surface area contributed by atoms with Crippen LogP contribution in [0.1, 0.15) is 21.9 Å². The molecule has 7 heteroatoms. The van der Waals surface area contributed by atoms with Crippen molar-refractivity contribution in [2.45, 2.75) is 19.6 Å². The van der Waals surface area contributed by atoms with E-state index in [9.17, 15) is 4.79 Å². The molecule has 2 aromatic heterocycles. The van der Waals surface area contributed by atoms with E-state index in [2.05, 4.69) is 20.1 Å². The van der Waals surface area contributed by atoms with Crippen LogP contribution in [-0.2, 0) is 19.6 Å². The third-order valence-corrected chi connectivity index (χ3v) is 3.21. The predicted molar refractivity (Wildman–Crippen MR) is 65.3 cm³/mol. The lowest BCUT2D eigenvalue weighted by atomic mass is 10.2. The lowest BCUT2D eigenvalue weighted by Gasteiger charge is -2.26. The molecule has 0 aromatic carbocycles. The second-order valence-corrected chi connectivity index (χ2v) is 4.45. The summed E-state index contributed by atoms with van der Waals surface area (Å²) in [7, 11) is 0. The Morgan fingerprint density at radius 2 is 2.32 bits per heavy atom. The van der Waals surface area contributed by atoms with Crippen LogP contribution in [-0.4, -0.2) is 42.3 Å². The largest absolute Gasteiger partial charge is 0.478 e. The van der Waals surface area contributed by atoms with E-state index in [0.29, 0.717) is 18.8 Å². The summed E-state index contributed by atoms with van der Waals surface area (Å²) in [4.78, 5) is 17.4. The van der Waals surface area contributed by atoms with E-state index in [0.717, 1.165) is 18.9 Å². The van der Waals surface area contributed by atoms with Crippen molar-refractivity contribution < 1.29 is 9.90 Å². The Hall–Kier alpha value is -2.28. The van der Waals surface area contributed by atoms with Gasteiger partial charge in [0.15, 0.2) is 0 Å². The van der Waals surface area contributed by atoms with E-state index in [1.54, 1.807) is 24.7 Å². The number of carboxylic acids is 1. The molecule has 0 fully saturated rings. The smallest absolute Gasteiger partial charge is 0.337 e. The van der Waals surface area contributed by atoms with E-state index in [1.807, 2.05) is 4.57 Å². The number of carbonyl (C=O) groups is 1. The van der Waals surface area contributed by atoms with Crippen LogP contribution in [0.15, 0.2) is 24.7 Å². The molecule has 7 nitrogen and oxygen atoms in total. The molecule has 0 radical (unpaired) electrons. The highest BCUT2D eigenvalue weighted by molar-refractivity contribution is 5.88. The number of aromatic carboxylic acids is 1. The van der Waals surface area contributed by atoms with E-state index in [4.69, 9.17) is 5.11 Å². The molecule has 0 unspecified atom stereocenters. The Kier molecular flexibility index (Phi) is 2.96. The van der Waals surface area contributed by atoms with E-state index in [1.165, 1.54) is 0 Å². The summed E-state index contributed by atoms with van der Waals surface area (Å²) >= 11 is 0. The average molecular weight is 259 g/mol. The van der Waals surface area contributed by atoms with Gasteiger partial charge >= 0.3 is 5.97 Å². The summed E-state index contributed by atoms with van der Waals surface area (Å²) in [6.07, 6.45) is 3.34. The molecule has 1 aliphatic rings. The van der Waals surface area contributed by atoms with Crippen molar-refractivity contribution in [2.24, 2.45) is 0 Å². The number of rotatable bonds is 3. The fraction of sp³-hybridized carbons (Fsp3) is 0.333. The molecule has 3 rings (SSSR count). The van der Waals surface area contributed by atoms with Crippen LogP contribution in [0.4, 0.5) is 0 Å². The monoisotopic (exact) mass is 259 g/mol. The zero-order valence-electron chi connectivity index (χ0n) is 10.2. The van der Waals surface area contributed by atoms with Crippen LogP contribution < -0.4 is 0 Å². The van der Waals surface area contributed by atoms with E-state index in [-0.39, 0.29) is 5.56 Å². The maximum Gasteiger partial charge on any atom is 0.337 e. The van der Waals surface area contributed by atoms with Crippen LogP contribution >= 0.6 is 0 Å². The first-order chi connectivity index (χ1) is 9.24. The zero-order chi connectivity index (χ0) is 13.2. The predicted octanol–water partition coefficient (Wildman–Crippen LogP) is 0.387. The lowest BCUT2D eigenvalue weighted by Crippen LogP contribution is -2.33. The van der Waals surface area contributed by atoms with Gasteiger partial charge in [0, 0.05) is 25.8 Å². The van der Waals surface area contributed by atoms with Crippen molar-refractivity contribution in [1.82, 2.24) is 24.6 Å². The molecule has 3 heterocycles. The Balaban J connectivity index is 1.78. The standard InChI is InChI=1S/C12H13N5O2/c18-12(19)9-2-1-3-13-10(9)6-16-4-5-17-8-14-15-11(17)7-16/h1-3,8H,4-7H2,(H,18,19). The van der Waals surface area contributed by atoms with Gasteiger partial charge in [0.05, 0.1) is 17.8 Å². The van der Waals surface area contributed by atoms with Gasteiger partial charge in [-0.15, -0.1) is 10.2 Å². The minimum absolute atomic E-state index is 0.259. The third kappa shape index (κ3) is 2.32. The second-order valence-electron chi connectivity index (χ2n) is 4.45. The summed E-state index contributed by atoms with van der Waals surface area (Å²) in [5, 5.41) is 17.0. The van der Waals surface area contributed by atoms with Crippen molar-refractivity contribution in [3.63, 3.8) is 0 Å². The Bertz CT molecular complexity index is 610. The first kappa shape index (κ1) is 11.8. The molecule has 0 spiro atoms. The molecule has 0 bridgehead atoms. The maximum atomic E-state index is 11.1. The van der Waals surface area contributed by atoms with Crippen LogP contribution in [0.2, 0.25) is 0 Å². The fourth-order valence-electron chi connectivity index (χ4n) is 2.22. The molecule has 98 valence electrons. The van der Waals surface area contributed by atoms with Gasteiger partial charge in [-0.25, -0.2) is 4.79 Å². The number of hydrogen-bond acceptors (Lipinski definition) is 5. The maximum absolute atomic E-state index is 11.1. The molecule has 0 aliphatic carbocycles. The first-order valence-corrected chi connectivity index (χ1v) is 6.00. The Labute approximate surface area is 109 Å². The van der Waals surface area contributed by atoms with Gasteiger partial charge < -0.3 is 9.67 Å². The van der Waals surface area contributed by atoms with Crippen molar-refractivity contribution in [1.29, 1.82) is 0 Å². The van der Waals surface area contributed by atoms with Gasteiger partial charge in [0.25, 0.3) is 0 Å². The van der Waals surface area contributed by atoms with E-state index >= 15 is 0 Å². The van der Waals surface area contributed by atoms with Gasteiger partial charge in [0.1, 0.15) is 12.2 Å². The van der Waals surface area contributed by atoms with Crippen LogP contribution in [0, 0.1) is 0 Å². The van der Waals surface area contributed by atoms with Gasteiger partial charge in [-0.2, -0.15) is 0 Å². The van der Waals surface area contributed by atoms with Crippen molar-refractivity contribution in [2.75, 3.05) is 6.54 Å². The minimum Gasteiger partial charge on any atom is -0.478 e. The van der Waals surface area contributed by atoms with Crippen LogP contribution in [0.5, 0.6) is 0 Å². The summed E-state index contributed by atoms with van der Waals surface area (Å²) in [6, 6.07) is 3.22. The molecule has 19 heavy (non-hydrogen) atoms. The minimum atomic E-state index is -0.941. The lowest BCUT2D eigenvalue weighted by molar-refractivity contribution is 0.0693. The molecule has 2 aromatic rings. The molecule has 1 aliphatic heterocycles. The van der Waals surface area contributed by atoms with Crippen LogP contribution in [0.3, 0.4) is 0 Å². The number of carboxylic acid groups (broad SMARTS) is 1. The average Bonchev–Trinajstić information content (AvgIpc) is 2.86. The molecule has 0 saturated carbocycles. The topological polar surface area (TPSA) is 84.1 Å². The number of hydrogen-bond donors (Lipinski definition) is 1. The number of aromatic nitrogens is 4. The fourth-order valence-corrected chi connectivity index (χ4v) is 2.22. The summed E-state index contributed by atoms with van der Waals surface area (Å²) < 4.78 is 2.01. The van der Waals surface area contributed by atoms with Crippen molar-refractivity contribution >= 4 is 5.97 Å². The summed E-state index contributed by atoms with van der Waals surface area (Å²) in [5.74, 6) is -0.0395. The molecule has 1 N–H and O–H groups in total. The molecule has 0 amide bonds. The molecular weight excluding hydrogens is 246 g/mol. The number of nitrogens with zero attached hydrogens (tertiary/aromatic N) is 5. The highest BCUT2D eigenvalue weighted by Gasteiger charge is 2.20. The molecule has 0 atom stereocenters. The Morgan fingerprint density at radius 1 is 1.42 bits per heavy atom. The SMILES string of the molecule is O=C(O)c1cccnc1CN1CCn2cnnc2C1. The van der Waals surface area contributed by atoms with Gasteiger partial charge in [-0.05, 0) is 12.1 Å². The first-order valence-electron chi connectivity index (χ1n) is 6.00. The normalized spacial score (nSPS) is 15.2. The van der Waals surface area contributed by atoms with Crippen molar-refractivity contribution in [3.8, 4) is 0 Å². The van der Waals surface area contributed by atoms with Crippen molar-refractivity contribution in [3.05, 3.63) is 41.7 Å². The zero-order valence-corrected chi connectivity index (χ0v) is 10.2. The highest BCUT2D eigenvalue weighted by Crippen LogP contribution is 2.14. The second kappa shape index (κ2) is 4.77. The van der Waals surface area contributed by atoms with E-state index < -0.39 is 5.97 Å². The summed E-state index contributed by atoms with van der Waals surface area (Å²) in [6.45, 7) is 2.82. The molecule has 0 saturated heterocycles. The van der Waals surface area contributed by atoms with Crippen LogP contribution in [0.25, 0.3) is 0 Å². The molecular formula is C12H13N5O2. The number of fused-ring (bicyclic) bond motifs is 1. The Morgan fingerprint density at radius 3 is 3.16 bits per heavy atom. The number of pyridine rings is 1. The highest BCUT2D eigenvalue weighted by atomic mass is 16.4. The van der Waals surface area contributed by atoms with Gasteiger partial charge in [0.2, 0.25) is 0 Å².